The maximum Gasteiger partial charge on any atom is 0.254 e. The first kappa shape index (κ1) is 18.4. The van der Waals surface area contributed by atoms with Crippen LogP contribution in [-0.4, -0.2) is 32.6 Å². The Bertz CT molecular complexity index is 1110. The third kappa shape index (κ3) is 3.68. The van der Waals surface area contributed by atoms with Crippen molar-refractivity contribution < 1.29 is 4.79 Å². The van der Waals surface area contributed by atoms with Gasteiger partial charge in [-0.1, -0.05) is 35.9 Å². The van der Waals surface area contributed by atoms with Gasteiger partial charge in [-0.15, -0.1) is 11.3 Å². The van der Waals surface area contributed by atoms with Crippen LogP contribution in [0, 0.1) is 13.8 Å². The number of hydrogen-bond acceptors (Lipinski definition) is 4. The quantitative estimate of drug-likeness (QED) is 0.506. The second-order valence-electron chi connectivity index (χ2n) is 7.08. The second-order valence-corrected chi connectivity index (χ2v) is 8.11. The van der Waals surface area contributed by atoms with Crippen LogP contribution in [0.25, 0.3) is 11.0 Å². The topological polar surface area (TPSA) is 51.0 Å². The first-order valence-electron chi connectivity index (χ1n) is 9.18. The van der Waals surface area contributed by atoms with Crippen LogP contribution in [0.15, 0.2) is 54.0 Å². The zero-order valence-electron chi connectivity index (χ0n) is 16.2. The minimum atomic E-state index is -0.0150. The summed E-state index contributed by atoms with van der Waals surface area (Å²) in [6.45, 7) is 5.21. The van der Waals surface area contributed by atoms with Gasteiger partial charge >= 0.3 is 0 Å². The number of pyridine rings is 1. The fraction of sp³-hybridized carbons (Fsp3) is 0.227. The Balaban J connectivity index is 1.66. The van der Waals surface area contributed by atoms with Crippen LogP contribution >= 0.6 is 11.3 Å². The van der Waals surface area contributed by atoms with E-state index in [4.69, 9.17) is 0 Å². The van der Waals surface area contributed by atoms with Gasteiger partial charge in [-0.05, 0) is 36.9 Å². The fourth-order valence-electron chi connectivity index (χ4n) is 3.25. The van der Waals surface area contributed by atoms with Crippen molar-refractivity contribution in [2.24, 2.45) is 0 Å². The SMILES string of the molecule is Cc1ccc(Cn2ncc3c(C(=O)N(C)Cc4cccs4)cc(C)nc32)cc1. The Morgan fingerprint density at radius 3 is 2.68 bits per heavy atom. The highest BCUT2D eigenvalue weighted by Crippen LogP contribution is 2.22. The largest absolute Gasteiger partial charge is 0.337 e. The molecule has 3 aromatic heterocycles. The molecule has 0 aliphatic carbocycles. The van der Waals surface area contributed by atoms with Crippen molar-refractivity contribution in [1.82, 2.24) is 19.7 Å². The monoisotopic (exact) mass is 390 g/mol. The van der Waals surface area contributed by atoms with Crippen LogP contribution in [0.2, 0.25) is 0 Å². The molecule has 0 atom stereocenters. The summed E-state index contributed by atoms with van der Waals surface area (Å²) in [5.41, 5.74) is 4.59. The average molecular weight is 391 g/mol. The number of aromatic nitrogens is 3. The van der Waals surface area contributed by atoms with E-state index in [0.717, 1.165) is 27.2 Å². The lowest BCUT2D eigenvalue weighted by Crippen LogP contribution is -2.26. The molecule has 0 spiro atoms. The molecule has 0 aliphatic heterocycles. The minimum absolute atomic E-state index is 0.0150. The third-order valence-electron chi connectivity index (χ3n) is 4.74. The molecular formula is C22H22N4OS. The summed E-state index contributed by atoms with van der Waals surface area (Å²) in [7, 11) is 1.83. The summed E-state index contributed by atoms with van der Waals surface area (Å²) in [6, 6.07) is 14.3. The first-order valence-corrected chi connectivity index (χ1v) is 10.1. The molecule has 1 amide bonds. The molecule has 5 nitrogen and oxygen atoms in total. The normalized spacial score (nSPS) is 11.1. The molecule has 0 saturated heterocycles. The van der Waals surface area contributed by atoms with Crippen molar-refractivity contribution in [3.8, 4) is 0 Å². The maximum atomic E-state index is 13.1. The van der Waals surface area contributed by atoms with Gasteiger partial charge in [0.05, 0.1) is 30.2 Å². The van der Waals surface area contributed by atoms with Crippen LogP contribution in [-0.2, 0) is 13.1 Å². The second kappa shape index (κ2) is 7.56. The summed E-state index contributed by atoms with van der Waals surface area (Å²) in [5, 5.41) is 7.34. The summed E-state index contributed by atoms with van der Waals surface area (Å²) in [4.78, 5) is 20.7. The van der Waals surface area contributed by atoms with Crippen LogP contribution in [0.5, 0.6) is 0 Å². The van der Waals surface area contributed by atoms with Crippen molar-refractivity contribution >= 4 is 28.3 Å². The number of hydrogen-bond donors (Lipinski definition) is 0. The van der Waals surface area contributed by atoms with Gasteiger partial charge in [0.25, 0.3) is 5.91 Å². The Morgan fingerprint density at radius 2 is 1.96 bits per heavy atom. The number of rotatable bonds is 5. The predicted molar refractivity (Wildman–Crippen MR) is 113 cm³/mol. The lowest BCUT2D eigenvalue weighted by molar-refractivity contribution is 0.0788. The van der Waals surface area contributed by atoms with E-state index >= 15 is 0 Å². The highest BCUT2D eigenvalue weighted by atomic mass is 32.1. The van der Waals surface area contributed by atoms with Crippen LogP contribution in [0.3, 0.4) is 0 Å². The lowest BCUT2D eigenvalue weighted by atomic mass is 10.1. The van der Waals surface area contributed by atoms with Crippen LogP contribution in [0.4, 0.5) is 0 Å². The van der Waals surface area contributed by atoms with Crippen molar-refractivity contribution in [2.45, 2.75) is 26.9 Å². The third-order valence-corrected chi connectivity index (χ3v) is 5.60. The van der Waals surface area contributed by atoms with Gasteiger partial charge in [0.2, 0.25) is 0 Å². The highest BCUT2D eigenvalue weighted by molar-refractivity contribution is 7.09. The zero-order valence-corrected chi connectivity index (χ0v) is 17.0. The van der Waals surface area contributed by atoms with E-state index in [9.17, 15) is 4.79 Å². The van der Waals surface area contributed by atoms with Crippen molar-refractivity contribution in [2.75, 3.05) is 7.05 Å². The van der Waals surface area contributed by atoms with Gasteiger partial charge in [0.15, 0.2) is 5.65 Å². The van der Waals surface area contributed by atoms with E-state index in [2.05, 4.69) is 41.3 Å². The van der Waals surface area contributed by atoms with Crippen molar-refractivity contribution in [3.63, 3.8) is 0 Å². The number of thiophene rings is 1. The predicted octanol–water partition coefficient (Wildman–Crippen LogP) is 4.43. The van der Waals surface area contributed by atoms with Gasteiger partial charge < -0.3 is 4.90 Å². The molecule has 142 valence electrons. The molecule has 0 aliphatic rings. The lowest BCUT2D eigenvalue weighted by Gasteiger charge is -2.17. The first-order chi connectivity index (χ1) is 13.5. The van der Waals surface area contributed by atoms with Gasteiger partial charge in [-0.2, -0.15) is 5.10 Å². The number of benzene rings is 1. The Kier molecular flexibility index (Phi) is 4.96. The highest BCUT2D eigenvalue weighted by Gasteiger charge is 2.19. The average Bonchev–Trinajstić information content (AvgIpc) is 3.32. The van der Waals surface area contributed by atoms with Crippen molar-refractivity contribution in [3.05, 3.63) is 81.3 Å². The van der Waals surface area contributed by atoms with E-state index in [1.165, 1.54) is 5.56 Å². The van der Waals surface area contributed by atoms with Gasteiger partial charge in [-0.25, -0.2) is 9.67 Å². The molecule has 6 heteroatoms. The van der Waals surface area contributed by atoms with E-state index in [-0.39, 0.29) is 5.91 Å². The molecule has 1 aromatic carbocycles. The molecule has 0 radical (unpaired) electrons. The molecule has 3 heterocycles. The summed E-state index contributed by atoms with van der Waals surface area (Å²) >= 11 is 1.65. The van der Waals surface area contributed by atoms with Crippen LogP contribution in [0.1, 0.15) is 32.1 Å². The Morgan fingerprint density at radius 1 is 1.18 bits per heavy atom. The number of carbonyl (C=O) groups is 1. The number of carbonyl (C=O) groups excluding carboxylic acids is 1. The van der Waals surface area contributed by atoms with E-state index < -0.39 is 0 Å². The molecule has 4 rings (SSSR count). The summed E-state index contributed by atoms with van der Waals surface area (Å²) in [5.74, 6) is -0.0150. The molecule has 0 unspecified atom stereocenters. The summed E-state index contributed by atoms with van der Waals surface area (Å²) < 4.78 is 1.86. The Hall–Kier alpha value is -2.99. The fourth-order valence-corrected chi connectivity index (χ4v) is 4.00. The van der Waals surface area contributed by atoms with E-state index in [1.807, 2.05) is 42.2 Å². The van der Waals surface area contributed by atoms with Crippen molar-refractivity contribution in [1.29, 1.82) is 0 Å². The standard InChI is InChI=1S/C22H22N4OS/c1-15-6-8-17(9-7-15)13-26-21-20(12-23-26)19(11-16(2)24-21)22(27)25(3)14-18-5-4-10-28-18/h4-12H,13-14H2,1-3H3. The molecule has 4 aromatic rings. The molecule has 0 saturated carbocycles. The minimum Gasteiger partial charge on any atom is -0.337 e. The molecule has 0 bridgehead atoms. The number of nitrogens with zero attached hydrogens (tertiary/aromatic N) is 4. The smallest absolute Gasteiger partial charge is 0.254 e. The van der Waals surface area contributed by atoms with Gasteiger partial charge in [-0.3, -0.25) is 4.79 Å². The molecule has 28 heavy (non-hydrogen) atoms. The van der Waals surface area contributed by atoms with Gasteiger partial charge in [0, 0.05) is 17.6 Å². The zero-order chi connectivity index (χ0) is 19.7. The number of fused-ring (bicyclic) bond motifs is 1. The summed E-state index contributed by atoms with van der Waals surface area (Å²) in [6.07, 6.45) is 1.75. The van der Waals surface area contributed by atoms with E-state index in [1.54, 1.807) is 22.4 Å². The molecule has 0 fully saturated rings. The number of amides is 1. The molecular weight excluding hydrogens is 368 g/mol. The number of aryl methyl sites for hydroxylation is 2. The van der Waals surface area contributed by atoms with Crippen LogP contribution < -0.4 is 0 Å². The van der Waals surface area contributed by atoms with Gasteiger partial charge in [0.1, 0.15) is 0 Å². The molecule has 0 N–H and O–H groups in total. The van der Waals surface area contributed by atoms with E-state index in [0.29, 0.717) is 18.7 Å². The maximum absolute atomic E-state index is 13.1. The Labute approximate surface area is 168 Å².